The number of ether oxygens (including phenoxy) is 1. The molecule has 3 heterocycles. The van der Waals surface area contributed by atoms with Gasteiger partial charge in [0.25, 0.3) is 11.8 Å². The summed E-state index contributed by atoms with van der Waals surface area (Å²) in [5.41, 5.74) is -0.0505. The number of rotatable bonds is 11. The van der Waals surface area contributed by atoms with E-state index >= 15 is 0 Å². The normalized spacial score (nSPS) is 12.1. The van der Waals surface area contributed by atoms with E-state index in [0.717, 1.165) is 34.2 Å². The molecular weight excluding hydrogens is 563 g/mol. The number of carbonyl (C=O) groups is 2. The van der Waals surface area contributed by atoms with Crippen LogP contribution in [0.5, 0.6) is 5.75 Å². The molecule has 40 heavy (non-hydrogen) atoms. The van der Waals surface area contributed by atoms with Crippen molar-refractivity contribution in [2.75, 3.05) is 5.32 Å². The number of aryl methyl sites for hydroxylation is 1. The average Bonchev–Trinajstić information content (AvgIpc) is 3.57. The second kappa shape index (κ2) is 12.5. The minimum atomic E-state index is -4.95. The van der Waals surface area contributed by atoms with Gasteiger partial charge in [-0.1, -0.05) is 16.6 Å². The predicted octanol–water partition coefficient (Wildman–Crippen LogP) is 3.72. The first-order valence-corrected chi connectivity index (χ1v) is 12.3. The molecule has 2 N–H and O–H groups in total. The smallest absolute Gasteiger partial charge is 0.406 e. The SMILES string of the molecule is O=C(Nc1nnc(CCC(F)Cn2cc(C(=O)NCc3cc(OC(F)(F)F)ccc3F)nn2)s1)c1ccncc1. The van der Waals surface area contributed by atoms with E-state index in [1.807, 2.05) is 0 Å². The number of aromatic nitrogens is 6. The Bertz CT molecular complexity index is 1460. The Balaban J connectivity index is 1.23. The maximum atomic E-state index is 14.6. The number of halogens is 5. The van der Waals surface area contributed by atoms with Crippen molar-refractivity contribution in [3.8, 4) is 5.75 Å². The van der Waals surface area contributed by atoms with Crippen LogP contribution in [0.25, 0.3) is 0 Å². The minimum Gasteiger partial charge on any atom is -0.406 e. The molecule has 210 valence electrons. The molecule has 0 aliphatic rings. The van der Waals surface area contributed by atoms with Crippen LogP contribution in [0.4, 0.5) is 27.1 Å². The number of nitrogens with zero attached hydrogens (tertiary/aromatic N) is 6. The van der Waals surface area contributed by atoms with Gasteiger partial charge in [0.15, 0.2) is 5.69 Å². The first kappa shape index (κ1) is 28.5. The Morgan fingerprint density at radius 2 is 1.85 bits per heavy atom. The van der Waals surface area contributed by atoms with E-state index in [9.17, 15) is 31.5 Å². The Morgan fingerprint density at radius 3 is 2.60 bits per heavy atom. The minimum absolute atomic E-state index is 0.0456. The van der Waals surface area contributed by atoms with Gasteiger partial charge in [-0.2, -0.15) is 0 Å². The third-order valence-electron chi connectivity index (χ3n) is 5.15. The zero-order valence-corrected chi connectivity index (χ0v) is 21.0. The van der Waals surface area contributed by atoms with Crippen LogP contribution in [-0.4, -0.2) is 54.5 Å². The third-order valence-corrected chi connectivity index (χ3v) is 6.05. The molecule has 4 aromatic rings. The van der Waals surface area contributed by atoms with Crippen molar-refractivity contribution in [1.29, 1.82) is 0 Å². The Hall–Kier alpha value is -4.54. The zero-order valence-electron chi connectivity index (χ0n) is 20.2. The van der Waals surface area contributed by atoms with E-state index in [1.54, 1.807) is 12.1 Å². The van der Waals surface area contributed by atoms with Gasteiger partial charge in [-0.15, -0.1) is 28.5 Å². The summed E-state index contributed by atoms with van der Waals surface area (Å²) in [5, 5.41) is 20.8. The van der Waals surface area contributed by atoms with E-state index in [1.165, 1.54) is 18.6 Å². The van der Waals surface area contributed by atoms with E-state index in [0.29, 0.717) is 10.6 Å². The number of hydrogen-bond donors (Lipinski definition) is 2. The molecule has 2 amide bonds. The second-order valence-electron chi connectivity index (χ2n) is 8.14. The molecule has 0 radical (unpaired) electrons. The van der Waals surface area contributed by atoms with Crippen LogP contribution in [0.3, 0.4) is 0 Å². The van der Waals surface area contributed by atoms with Gasteiger partial charge >= 0.3 is 6.36 Å². The van der Waals surface area contributed by atoms with Crippen molar-refractivity contribution >= 4 is 28.3 Å². The lowest BCUT2D eigenvalue weighted by Gasteiger charge is -2.11. The van der Waals surface area contributed by atoms with E-state index in [4.69, 9.17) is 0 Å². The topological polar surface area (TPSA) is 137 Å². The first-order valence-electron chi connectivity index (χ1n) is 11.5. The largest absolute Gasteiger partial charge is 0.573 e. The molecule has 0 aliphatic carbocycles. The molecule has 1 unspecified atom stereocenters. The summed E-state index contributed by atoms with van der Waals surface area (Å²) in [6, 6.07) is 5.48. The predicted molar refractivity (Wildman–Crippen MR) is 130 cm³/mol. The molecule has 0 aliphatic heterocycles. The van der Waals surface area contributed by atoms with Gasteiger partial charge in [-0.05, 0) is 36.8 Å². The highest BCUT2D eigenvalue weighted by Crippen LogP contribution is 2.25. The Labute approximate surface area is 226 Å². The Kier molecular flexibility index (Phi) is 8.93. The maximum Gasteiger partial charge on any atom is 0.573 e. The molecule has 0 bridgehead atoms. The fourth-order valence-electron chi connectivity index (χ4n) is 3.29. The van der Waals surface area contributed by atoms with Crippen LogP contribution in [-0.2, 0) is 19.5 Å². The van der Waals surface area contributed by atoms with Crippen molar-refractivity contribution in [3.63, 3.8) is 0 Å². The molecule has 1 aromatic carbocycles. The lowest BCUT2D eigenvalue weighted by atomic mass is 10.2. The van der Waals surface area contributed by atoms with E-state index < -0.39 is 36.6 Å². The van der Waals surface area contributed by atoms with Gasteiger partial charge in [0, 0.05) is 36.5 Å². The van der Waals surface area contributed by atoms with Crippen molar-refractivity contribution < 1.29 is 36.3 Å². The molecule has 0 saturated heterocycles. The van der Waals surface area contributed by atoms with Gasteiger partial charge in [0.2, 0.25) is 5.13 Å². The van der Waals surface area contributed by atoms with Gasteiger partial charge < -0.3 is 10.1 Å². The van der Waals surface area contributed by atoms with E-state index in [-0.39, 0.29) is 41.7 Å². The monoisotopic (exact) mass is 582 g/mol. The molecule has 3 aromatic heterocycles. The molecule has 1 atom stereocenters. The number of hydrogen-bond acceptors (Lipinski definition) is 9. The summed E-state index contributed by atoms with van der Waals surface area (Å²) in [6.07, 6.45) is -1.93. The number of benzene rings is 1. The van der Waals surface area contributed by atoms with Crippen molar-refractivity contribution in [3.05, 3.63) is 76.6 Å². The lowest BCUT2D eigenvalue weighted by molar-refractivity contribution is -0.274. The average molecular weight is 583 g/mol. The summed E-state index contributed by atoms with van der Waals surface area (Å²) >= 11 is 1.11. The zero-order chi connectivity index (χ0) is 28.7. The number of carbonyl (C=O) groups excluding carboxylic acids is 2. The third kappa shape index (κ3) is 8.23. The summed E-state index contributed by atoms with van der Waals surface area (Å²) in [6.45, 7) is -0.679. The number of anilines is 1. The highest BCUT2D eigenvalue weighted by Gasteiger charge is 2.31. The second-order valence-corrected chi connectivity index (χ2v) is 9.20. The standard InChI is InChI=1S/C23H19F5N8O3S/c24-15(1-4-19-33-34-22(40-19)31-20(37)13-5-7-29-8-6-13)11-36-12-18(32-35-36)21(38)30-10-14-9-16(2-3-17(14)25)39-23(26,27)28/h2-3,5-9,12,15H,1,4,10-11H2,(H,30,38)(H,31,34,37). The Morgan fingerprint density at radius 1 is 1.07 bits per heavy atom. The highest BCUT2D eigenvalue weighted by molar-refractivity contribution is 7.15. The number of amides is 2. The van der Waals surface area contributed by atoms with Gasteiger partial charge in [-0.3, -0.25) is 19.9 Å². The van der Waals surface area contributed by atoms with Crippen LogP contribution >= 0.6 is 11.3 Å². The first-order chi connectivity index (χ1) is 19.1. The number of alkyl halides is 4. The molecule has 0 saturated carbocycles. The quantitative estimate of drug-likeness (QED) is 0.256. The fraction of sp³-hybridized carbons (Fsp3) is 0.261. The van der Waals surface area contributed by atoms with Crippen LogP contribution in [0.1, 0.15) is 37.8 Å². The summed E-state index contributed by atoms with van der Waals surface area (Å²) < 4.78 is 70.5. The maximum absolute atomic E-state index is 14.6. The summed E-state index contributed by atoms with van der Waals surface area (Å²) in [4.78, 5) is 28.3. The number of nitrogens with one attached hydrogen (secondary N) is 2. The van der Waals surface area contributed by atoms with Crippen molar-refractivity contribution in [2.45, 2.75) is 38.5 Å². The number of pyridine rings is 1. The van der Waals surface area contributed by atoms with Gasteiger partial charge in [-0.25, -0.2) is 13.5 Å². The highest BCUT2D eigenvalue weighted by atomic mass is 32.1. The van der Waals surface area contributed by atoms with Crippen LogP contribution in [0.2, 0.25) is 0 Å². The van der Waals surface area contributed by atoms with Crippen molar-refractivity contribution in [1.82, 2.24) is 35.5 Å². The fourth-order valence-corrected chi connectivity index (χ4v) is 4.04. The molecule has 0 fully saturated rings. The summed E-state index contributed by atoms with van der Waals surface area (Å²) in [7, 11) is 0. The summed E-state index contributed by atoms with van der Waals surface area (Å²) in [5.74, 6) is -2.66. The van der Waals surface area contributed by atoms with Crippen molar-refractivity contribution in [2.24, 2.45) is 0 Å². The molecule has 11 nitrogen and oxygen atoms in total. The van der Waals surface area contributed by atoms with Gasteiger partial charge in [0.1, 0.15) is 22.7 Å². The van der Waals surface area contributed by atoms with Gasteiger partial charge in [0.05, 0.1) is 12.7 Å². The molecular formula is C23H19F5N8O3S. The lowest BCUT2D eigenvalue weighted by Crippen LogP contribution is -2.24. The van der Waals surface area contributed by atoms with Crippen LogP contribution < -0.4 is 15.4 Å². The van der Waals surface area contributed by atoms with Crippen LogP contribution in [0, 0.1) is 5.82 Å². The molecule has 17 heteroatoms. The van der Waals surface area contributed by atoms with Crippen LogP contribution in [0.15, 0.2) is 48.9 Å². The molecule has 4 rings (SSSR count). The molecule has 0 spiro atoms. The van der Waals surface area contributed by atoms with E-state index in [2.05, 4.69) is 40.9 Å².